The second-order valence-electron chi connectivity index (χ2n) is 4.93. The minimum Gasteiger partial charge on any atom is -0.504 e. The SMILES string of the molecule is Cl.O=C(NCc1ccccc1)c1cc2cc(O)c(O)cc2cn1. The lowest BCUT2D eigenvalue weighted by Crippen LogP contribution is -2.23. The summed E-state index contributed by atoms with van der Waals surface area (Å²) in [5.74, 6) is -0.733. The van der Waals surface area contributed by atoms with E-state index in [9.17, 15) is 15.0 Å². The lowest BCUT2D eigenvalue weighted by Gasteiger charge is -2.06. The molecule has 0 saturated carbocycles. The number of pyridine rings is 1. The van der Waals surface area contributed by atoms with E-state index in [-0.39, 0.29) is 35.5 Å². The minimum absolute atomic E-state index is 0. The van der Waals surface area contributed by atoms with E-state index in [4.69, 9.17) is 0 Å². The Kier molecular flexibility index (Phi) is 5.03. The third-order valence-electron chi connectivity index (χ3n) is 3.34. The molecule has 0 spiro atoms. The van der Waals surface area contributed by atoms with Gasteiger partial charge in [-0.3, -0.25) is 9.78 Å². The fourth-order valence-electron chi connectivity index (χ4n) is 2.16. The first kappa shape index (κ1) is 16.6. The molecule has 3 N–H and O–H groups in total. The van der Waals surface area contributed by atoms with E-state index in [1.54, 1.807) is 6.07 Å². The number of carbonyl (C=O) groups excluding carboxylic acids is 1. The molecule has 0 unspecified atom stereocenters. The van der Waals surface area contributed by atoms with Gasteiger partial charge in [-0.1, -0.05) is 30.3 Å². The number of amides is 1. The van der Waals surface area contributed by atoms with E-state index in [0.717, 1.165) is 5.56 Å². The highest BCUT2D eigenvalue weighted by atomic mass is 35.5. The van der Waals surface area contributed by atoms with Crippen LogP contribution < -0.4 is 5.32 Å². The molecule has 0 fully saturated rings. The van der Waals surface area contributed by atoms with Crippen molar-refractivity contribution in [2.45, 2.75) is 6.54 Å². The fraction of sp³-hybridized carbons (Fsp3) is 0.0588. The number of nitrogens with zero attached hydrogens (tertiary/aromatic N) is 1. The van der Waals surface area contributed by atoms with Gasteiger partial charge in [-0.05, 0) is 29.1 Å². The number of fused-ring (bicyclic) bond motifs is 1. The third kappa shape index (κ3) is 3.70. The summed E-state index contributed by atoms with van der Waals surface area (Å²) in [6, 6.07) is 14.0. The quantitative estimate of drug-likeness (QED) is 0.645. The number of hydrogen-bond donors (Lipinski definition) is 3. The molecule has 0 bridgehead atoms. The molecule has 6 heteroatoms. The molecule has 1 amide bonds. The van der Waals surface area contributed by atoms with Crippen molar-refractivity contribution in [3.05, 3.63) is 66.0 Å². The first-order chi connectivity index (χ1) is 10.6. The zero-order chi connectivity index (χ0) is 15.5. The van der Waals surface area contributed by atoms with E-state index >= 15 is 0 Å². The van der Waals surface area contributed by atoms with Crippen LogP contribution in [-0.2, 0) is 6.54 Å². The van der Waals surface area contributed by atoms with E-state index in [1.165, 1.54) is 18.3 Å². The summed E-state index contributed by atoms with van der Waals surface area (Å²) < 4.78 is 0. The monoisotopic (exact) mass is 330 g/mol. The van der Waals surface area contributed by atoms with Gasteiger partial charge >= 0.3 is 0 Å². The molecular formula is C17H15ClN2O3. The van der Waals surface area contributed by atoms with Crippen molar-refractivity contribution in [3.8, 4) is 11.5 Å². The van der Waals surface area contributed by atoms with Gasteiger partial charge < -0.3 is 15.5 Å². The Morgan fingerprint density at radius 2 is 1.65 bits per heavy atom. The fourth-order valence-corrected chi connectivity index (χ4v) is 2.16. The highest BCUT2D eigenvalue weighted by Gasteiger charge is 2.09. The number of phenols is 2. The van der Waals surface area contributed by atoms with Gasteiger partial charge in [0.15, 0.2) is 11.5 Å². The number of aromatic nitrogens is 1. The molecular weight excluding hydrogens is 316 g/mol. The molecule has 1 aromatic heterocycles. The van der Waals surface area contributed by atoms with Crippen molar-refractivity contribution < 1.29 is 15.0 Å². The number of benzene rings is 2. The van der Waals surface area contributed by atoms with E-state index in [0.29, 0.717) is 17.3 Å². The first-order valence-corrected chi connectivity index (χ1v) is 6.77. The molecule has 3 aromatic rings. The van der Waals surface area contributed by atoms with E-state index < -0.39 is 0 Å². The number of rotatable bonds is 3. The molecule has 3 rings (SSSR count). The average Bonchev–Trinajstić information content (AvgIpc) is 2.54. The second-order valence-corrected chi connectivity index (χ2v) is 4.93. The number of halogens is 1. The normalized spacial score (nSPS) is 10.1. The summed E-state index contributed by atoms with van der Waals surface area (Å²) in [6.45, 7) is 0.417. The second kappa shape index (κ2) is 6.98. The van der Waals surface area contributed by atoms with Crippen LogP contribution in [0.5, 0.6) is 11.5 Å². The van der Waals surface area contributed by atoms with Gasteiger partial charge in [-0.25, -0.2) is 0 Å². The number of hydrogen-bond acceptors (Lipinski definition) is 4. The Labute approximate surface area is 139 Å². The lowest BCUT2D eigenvalue weighted by molar-refractivity contribution is 0.0946. The highest BCUT2D eigenvalue weighted by Crippen LogP contribution is 2.29. The van der Waals surface area contributed by atoms with Gasteiger partial charge in [0.1, 0.15) is 5.69 Å². The maximum atomic E-state index is 12.1. The van der Waals surface area contributed by atoms with Crippen LogP contribution in [-0.4, -0.2) is 21.1 Å². The standard InChI is InChI=1S/C17H14N2O3.ClH/c20-15-7-12-6-14(18-10-13(12)8-16(15)21)17(22)19-9-11-4-2-1-3-5-11;/h1-8,10,20-21H,9H2,(H,19,22);1H. The van der Waals surface area contributed by atoms with Gasteiger partial charge in [-0.2, -0.15) is 0 Å². The summed E-state index contributed by atoms with van der Waals surface area (Å²) in [5.41, 5.74) is 1.26. The predicted octanol–water partition coefficient (Wildman–Crippen LogP) is 3.00. The van der Waals surface area contributed by atoms with Crippen molar-refractivity contribution in [1.82, 2.24) is 10.3 Å². The zero-order valence-electron chi connectivity index (χ0n) is 12.1. The maximum Gasteiger partial charge on any atom is 0.270 e. The number of aromatic hydroxyl groups is 2. The molecule has 0 atom stereocenters. The Morgan fingerprint density at radius 1 is 1.00 bits per heavy atom. The first-order valence-electron chi connectivity index (χ1n) is 6.77. The Hall–Kier alpha value is -2.79. The van der Waals surface area contributed by atoms with Crippen LogP contribution in [0.4, 0.5) is 0 Å². The van der Waals surface area contributed by atoms with Crippen LogP contribution in [0.15, 0.2) is 54.7 Å². The number of nitrogens with one attached hydrogen (secondary N) is 1. The lowest BCUT2D eigenvalue weighted by atomic mass is 10.1. The Balaban J connectivity index is 0.00000192. The zero-order valence-corrected chi connectivity index (χ0v) is 12.9. The van der Waals surface area contributed by atoms with Crippen LogP contribution in [0.25, 0.3) is 10.8 Å². The largest absolute Gasteiger partial charge is 0.504 e. The topological polar surface area (TPSA) is 82.5 Å². The molecule has 0 radical (unpaired) electrons. The minimum atomic E-state index is -0.293. The smallest absolute Gasteiger partial charge is 0.270 e. The molecule has 0 aliphatic rings. The van der Waals surface area contributed by atoms with Gasteiger partial charge in [-0.15, -0.1) is 12.4 Å². The van der Waals surface area contributed by atoms with Crippen molar-refractivity contribution >= 4 is 29.1 Å². The summed E-state index contributed by atoms with van der Waals surface area (Å²) >= 11 is 0. The van der Waals surface area contributed by atoms with Crippen molar-refractivity contribution in [2.75, 3.05) is 0 Å². The van der Waals surface area contributed by atoms with Crippen LogP contribution in [0.3, 0.4) is 0 Å². The predicted molar refractivity (Wildman–Crippen MR) is 89.9 cm³/mol. The maximum absolute atomic E-state index is 12.1. The van der Waals surface area contributed by atoms with Crippen molar-refractivity contribution in [1.29, 1.82) is 0 Å². The van der Waals surface area contributed by atoms with E-state index in [1.807, 2.05) is 30.3 Å². The molecule has 1 heterocycles. The molecule has 0 aliphatic heterocycles. The van der Waals surface area contributed by atoms with Crippen LogP contribution in [0, 0.1) is 0 Å². The van der Waals surface area contributed by atoms with Gasteiger partial charge in [0, 0.05) is 18.1 Å². The van der Waals surface area contributed by atoms with Crippen LogP contribution >= 0.6 is 12.4 Å². The molecule has 0 saturated heterocycles. The third-order valence-corrected chi connectivity index (χ3v) is 3.34. The Morgan fingerprint density at radius 3 is 2.35 bits per heavy atom. The van der Waals surface area contributed by atoms with Gasteiger partial charge in [0.05, 0.1) is 0 Å². The summed E-state index contributed by atoms with van der Waals surface area (Å²) in [5, 5.41) is 23.1. The van der Waals surface area contributed by atoms with Crippen LogP contribution in [0.1, 0.15) is 16.1 Å². The number of phenolic OH excluding ortho intramolecular Hbond substituents is 2. The molecule has 0 aliphatic carbocycles. The van der Waals surface area contributed by atoms with Crippen molar-refractivity contribution in [2.24, 2.45) is 0 Å². The van der Waals surface area contributed by atoms with Crippen molar-refractivity contribution in [3.63, 3.8) is 0 Å². The van der Waals surface area contributed by atoms with Gasteiger partial charge in [0.2, 0.25) is 0 Å². The Bertz CT molecular complexity index is 838. The molecule has 23 heavy (non-hydrogen) atoms. The summed E-state index contributed by atoms with van der Waals surface area (Å²) in [7, 11) is 0. The molecule has 2 aromatic carbocycles. The highest BCUT2D eigenvalue weighted by molar-refractivity contribution is 5.97. The van der Waals surface area contributed by atoms with Gasteiger partial charge in [0.25, 0.3) is 5.91 Å². The average molecular weight is 331 g/mol. The van der Waals surface area contributed by atoms with Crippen LogP contribution in [0.2, 0.25) is 0 Å². The molecule has 118 valence electrons. The molecule has 5 nitrogen and oxygen atoms in total. The summed E-state index contributed by atoms with van der Waals surface area (Å²) in [6.07, 6.45) is 1.49. The van der Waals surface area contributed by atoms with E-state index in [2.05, 4.69) is 10.3 Å². The summed E-state index contributed by atoms with van der Waals surface area (Å²) in [4.78, 5) is 16.2. The number of carbonyl (C=O) groups is 1.